The number of rotatable bonds is 15. The maximum Gasteiger partial charge on any atom is 0.412 e. The van der Waals surface area contributed by atoms with Gasteiger partial charge in [0.2, 0.25) is 17.7 Å². The molecule has 0 saturated carbocycles. The van der Waals surface area contributed by atoms with E-state index < -0.39 is 23.4 Å². The van der Waals surface area contributed by atoms with E-state index in [1.54, 1.807) is 90.1 Å². The molecule has 0 heterocycles. The zero-order valence-corrected chi connectivity index (χ0v) is 28.2. The Balaban J connectivity index is 1.94. The average molecular weight is 656 g/mol. The molecule has 0 radical (unpaired) electrons. The number of hydrogen-bond donors (Lipinski definition) is 6. The summed E-state index contributed by atoms with van der Waals surface area (Å²) in [5.74, 6) is -0.714. The number of nitrogens with zero attached hydrogens (tertiary/aromatic N) is 1. The highest BCUT2D eigenvalue weighted by Gasteiger charge is 2.18. The second-order valence-electron chi connectivity index (χ2n) is 12.7. The first kappa shape index (κ1) is 38.5. The summed E-state index contributed by atoms with van der Waals surface area (Å²) in [7, 11) is 0. The van der Waals surface area contributed by atoms with E-state index in [-0.39, 0.29) is 43.5 Å². The SMILES string of the molecule is CC(C)(C)OC(=O)Nc1cccc(NC(=O)CCN(CCNC(=O)CCN)CCC(=O)Nc2cccc(NC(=O)OC(C)(C)C)c2)c1. The monoisotopic (exact) mass is 655 g/mol. The first-order valence-electron chi connectivity index (χ1n) is 15.5. The first-order valence-corrected chi connectivity index (χ1v) is 15.5. The molecule has 258 valence electrons. The Labute approximate surface area is 276 Å². The van der Waals surface area contributed by atoms with Crippen LogP contribution in [0.5, 0.6) is 0 Å². The van der Waals surface area contributed by atoms with Crippen LogP contribution in [0.3, 0.4) is 0 Å². The molecule has 7 N–H and O–H groups in total. The number of carbonyl (C=O) groups excluding carboxylic acids is 5. The molecule has 2 rings (SSSR count). The highest BCUT2D eigenvalue weighted by atomic mass is 16.6. The first-order chi connectivity index (χ1) is 22.0. The Kier molecular flexibility index (Phi) is 15.1. The molecule has 0 bridgehead atoms. The molecular weight excluding hydrogens is 606 g/mol. The molecular formula is C33H49N7O7. The van der Waals surface area contributed by atoms with E-state index in [9.17, 15) is 24.0 Å². The number of benzene rings is 2. The molecule has 0 aliphatic carbocycles. The second-order valence-corrected chi connectivity index (χ2v) is 12.7. The molecule has 0 aliphatic heterocycles. The van der Waals surface area contributed by atoms with Crippen LogP contribution in [0.25, 0.3) is 0 Å². The fourth-order valence-corrected chi connectivity index (χ4v) is 4.07. The Morgan fingerprint density at radius 1 is 0.617 bits per heavy atom. The summed E-state index contributed by atoms with van der Waals surface area (Å²) in [6, 6.07) is 13.4. The average Bonchev–Trinajstić information content (AvgIpc) is 2.92. The highest BCUT2D eigenvalue weighted by molar-refractivity contribution is 5.93. The van der Waals surface area contributed by atoms with Crippen molar-refractivity contribution in [2.75, 3.05) is 54.0 Å². The van der Waals surface area contributed by atoms with Gasteiger partial charge in [0.05, 0.1) is 0 Å². The van der Waals surface area contributed by atoms with Gasteiger partial charge in [0.1, 0.15) is 11.2 Å². The van der Waals surface area contributed by atoms with Crippen molar-refractivity contribution in [2.24, 2.45) is 5.73 Å². The van der Waals surface area contributed by atoms with Gasteiger partial charge in [-0.2, -0.15) is 0 Å². The summed E-state index contributed by atoms with van der Waals surface area (Å²) in [6.07, 6.45) is -0.788. The third kappa shape index (κ3) is 17.6. The highest BCUT2D eigenvalue weighted by Crippen LogP contribution is 2.18. The van der Waals surface area contributed by atoms with Gasteiger partial charge in [-0.25, -0.2) is 9.59 Å². The van der Waals surface area contributed by atoms with Crippen molar-refractivity contribution in [3.8, 4) is 0 Å². The molecule has 0 atom stereocenters. The van der Waals surface area contributed by atoms with Crippen LogP contribution in [-0.2, 0) is 23.9 Å². The lowest BCUT2D eigenvalue weighted by molar-refractivity contribution is -0.121. The van der Waals surface area contributed by atoms with Crippen molar-refractivity contribution in [1.29, 1.82) is 0 Å². The number of nitrogens with two attached hydrogens (primary N) is 1. The zero-order valence-electron chi connectivity index (χ0n) is 28.2. The molecule has 0 aliphatic rings. The molecule has 0 fully saturated rings. The molecule has 47 heavy (non-hydrogen) atoms. The van der Waals surface area contributed by atoms with Gasteiger partial charge in [0.25, 0.3) is 0 Å². The smallest absolute Gasteiger partial charge is 0.412 e. The lowest BCUT2D eigenvalue weighted by atomic mass is 10.2. The van der Waals surface area contributed by atoms with Crippen molar-refractivity contribution >= 4 is 52.7 Å². The van der Waals surface area contributed by atoms with Crippen LogP contribution < -0.4 is 32.3 Å². The molecule has 14 heteroatoms. The maximum absolute atomic E-state index is 12.8. The summed E-state index contributed by atoms with van der Waals surface area (Å²) in [5, 5.41) is 13.7. The third-order valence-corrected chi connectivity index (χ3v) is 6.02. The van der Waals surface area contributed by atoms with E-state index in [0.717, 1.165) is 0 Å². The molecule has 5 amide bonds. The lowest BCUT2D eigenvalue weighted by Gasteiger charge is -2.22. The minimum absolute atomic E-state index is 0.112. The van der Waals surface area contributed by atoms with Crippen molar-refractivity contribution in [1.82, 2.24) is 10.2 Å². The van der Waals surface area contributed by atoms with Crippen molar-refractivity contribution in [2.45, 2.75) is 72.0 Å². The van der Waals surface area contributed by atoms with Gasteiger partial charge >= 0.3 is 12.2 Å². The second kappa shape index (κ2) is 18.5. The van der Waals surface area contributed by atoms with Gasteiger partial charge in [-0.05, 0) is 77.9 Å². The summed E-state index contributed by atoms with van der Waals surface area (Å²) >= 11 is 0. The van der Waals surface area contributed by atoms with Gasteiger partial charge in [-0.1, -0.05) is 12.1 Å². The lowest BCUT2D eigenvalue weighted by Crippen LogP contribution is -2.38. The Morgan fingerprint density at radius 3 is 1.40 bits per heavy atom. The van der Waals surface area contributed by atoms with Crippen molar-refractivity contribution in [3.05, 3.63) is 48.5 Å². The zero-order chi connectivity index (χ0) is 35.0. The van der Waals surface area contributed by atoms with Gasteiger partial charge in [-0.15, -0.1) is 0 Å². The number of anilines is 4. The van der Waals surface area contributed by atoms with Crippen LogP contribution >= 0.6 is 0 Å². The van der Waals surface area contributed by atoms with Gasteiger partial charge in [0.15, 0.2) is 0 Å². The van der Waals surface area contributed by atoms with Crippen LogP contribution in [0.4, 0.5) is 32.3 Å². The Morgan fingerprint density at radius 2 is 1.02 bits per heavy atom. The number of ether oxygens (including phenoxy) is 2. The minimum Gasteiger partial charge on any atom is -0.444 e. The molecule has 0 unspecified atom stereocenters. The fraction of sp³-hybridized carbons (Fsp3) is 0.485. The topological polar surface area (TPSA) is 193 Å². The molecule has 0 spiro atoms. The van der Waals surface area contributed by atoms with Crippen LogP contribution in [0.15, 0.2) is 48.5 Å². The summed E-state index contributed by atoms with van der Waals surface area (Å²) in [4.78, 5) is 63.6. The molecule has 2 aromatic rings. The Hall–Kier alpha value is -4.69. The quantitative estimate of drug-likeness (QED) is 0.160. The molecule has 14 nitrogen and oxygen atoms in total. The van der Waals surface area contributed by atoms with Crippen LogP contribution in [0.2, 0.25) is 0 Å². The van der Waals surface area contributed by atoms with Gasteiger partial charge < -0.3 is 36.1 Å². The van der Waals surface area contributed by atoms with Crippen LogP contribution in [0, 0.1) is 0 Å². The van der Waals surface area contributed by atoms with E-state index in [1.807, 2.05) is 4.90 Å². The largest absolute Gasteiger partial charge is 0.444 e. The number of hydrogen-bond acceptors (Lipinski definition) is 9. The fourth-order valence-electron chi connectivity index (χ4n) is 4.07. The number of carbonyl (C=O) groups is 5. The molecule has 2 aromatic carbocycles. The summed E-state index contributed by atoms with van der Waals surface area (Å²) < 4.78 is 10.5. The Bertz CT molecular complexity index is 1280. The maximum atomic E-state index is 12.8. The van der Waals surface area contributed by atoms with E-state index >= 15 is 0 Å². The van der Waals surface area contributed by atoms with E-state index in [2.05, 4.69) is 26.6 Å². The van der Waals surface area contributed by atoms with E-state index in [4.69, 9.17) is 15.2 Å². The normalized spacial score (nSPS) is 11.3. The van der Waals surface area contributed by atoms with E-state index in [1.165, 1.54) is 0 Å². The van der Waals surface area contributed by atoms with Crippen molar-refractivity contribution in [3.63, 3.8) is 0 Å². The van der Waals surface area contributed by atoms with E-state index in [0.29, 0.717) is 48.9 Å². The predicted molar refractivity (Wildman–Crippen MR) is 182 cm³/mol. The number of amides is 5. The third-order valence-electron chi connectivity index (χ3n) is 6.02. The number of nitrogens with one attached hydrogen (secondary N) is 5. The summed E-state index contributed by atoms with van der Waals surface area (Å²) in [5.41, 5.74) is 6.06. The van der Waals surface area contributed by atoms with Crippen LogP contribution in [-0.4, -0.2) is 78.7 Å². The van der Waals surface area contributed by atoms with Gasteiger partial charge in [0, 0.05) is 74.7 Å². The van der Waals surface area contributed by atoms with Gasteiger partial charge in [-0.3, -0.25) is 25.0 Å². The standard InChI is InChI=1S/C33H49N7O7/c1-32(2,3)46-30(44)38-25-11-7-9-23(21-25)36-28(42)14-18-40(20-17-35-27(41)13-16-34)19-15-29(43)37-24-10-8-12-26(22-24)39-31(45)47-33(4,5)6/h7-12,21-22H,13-20,34H2,1-6H3,(H,35,41)(H,36,42)(H,37,43)(H,38,44)(H,39,45). The molecule has 0 saturated heterocycles. The summed E-state index contributed by atoms with van der Waals surface area (Å²) in [6.45, 7) is 12.2. The predicted octanol–water partition coefficient (Wildman–Crippen LogP) is 4.51. The van der Waals surface area contributed by atoms with Crippen molar-refractivity contribution < 1.29 is 33.4 Å². The molecule has 0 aromatic heterocycles. The van der Waals surface area contributed by atoms with Crippen LogP contribution in [0.1, 0.15) is 60.8 Å². The minimum atomic E-state index is -0.651.